The largest absolute Gasteiger partial charge is 0.330 e. The third kappa shape index (κ3) is 1.40. The van der Waals surface area contributed by atoms with E-state index in [9.17, 15) is 4.39 Å². The zero-order chi connectivity index (χ0) is 11.2. The van der Waals surface area contributed by atoms with Crippen LogP contribution in [0, 0.1) is 11.7 Å². The molecule has 0 aromatic heterocycles. The van der Waals surface area contributed by atoms with Crippen LogP contribution in [0.3, 0.4) is 0 Å². The minimum absolute atomic E-state index is 0.0848. The van der Waals surface area contributed by atoms with Crippen LogP contribution in [-0.2, 0) is 11.8 Å². The molecule has 16 heavy (non-hydrogen) atoms. The van der Waals surface area contributed by atoms with Gasteiger partial charge in [0.2, 0.25) is 0 Å². The fourth-order valence-electron chi connectivity index (χ4n) is 3.49. The summed E-state index contributed by atoms with van der Waals surface area (Å²) in [5.41, 5.74) is 8.64. The Morgan fingerprint density at radius 1 is 1.38 bits per heavy atom. The molecule has 2 aliphatic rings. The zero-order valence-electron chi connectivity index (χ0n) is 9.51. The molecule has 2 heteroatoms. The van der Waals surface area contributed by atoms with E-state index in [0.717, 1.165) is 19.4 Å². The van der Waals surface area contributed by atoms with E-state index in [2.05, 4.69) is 0 Å². The van der Waals surface area contributed by atoms with Crippen LogP contribution < -0.4 is 5.73 Å². The van der Waals surface area contributed by atoms with Gasteiger partial charge in [0.15, 0.2) is 0 Å². The topological polar surface area (TPSA) is 26.0 Å². The molecule has 1 spiro atoms. The maximum Gasteiger partial charge on any atom is 0.123 e. The molecule has 3 rings (SSSR count). The van der Waals surface area contributed by atoms with Crippen LogP contribution in [0.5, 0.6) is 0 Å². The van der Waals surface area contributed by atoms with Crippen LogP contribution in [0.4, 0.5) is 4.39 Å². The minimum Gasteiger partial charge on any atom is -0.330 e. The van der Waals surface area contributed by atoms with Gasteiger partial charge in [0.25, 0.3) is 0 Å². The van der Waals surface area contributed by atoms with Gasteiger partial charge < -0.3 is 5.73 Å². The molecule has 0 heterocycles. The van der Waals surface area contributed by atoms with Crippen LogP contribution in [0.15, 0.2) is 18.2 Å². The van der Waals surface area contributed by atoms with Crippen LogP contribution in [0.2, 0.25) is 0 Å². The number of halogens is 1. The van der Waals surface area contributed by atoms with E-state index in [0.29, 0.717) is 11.3 Å². The van der Waals surface area contributed by atoms with Crippen LogP contribution in [-0.4, -0.2) is 6.54 Å². The van der Waals surface area contributed by atoms with Crippen molar-refractivity contribution in [1.82, 2.24) is 0 Å². The van der Waals surface area contributed by atoms with Gasteiger partial charge in [-0.1, -0.05) is 6.07 Å². The molecule has 0 aliphatic heterocycles. The Morgan fingerprint density at radius 2 is 2.19 bits per heavy atom. The molecule has 2 aliphatic carbocycles. The van der Waals surface area contributed by atoms with Crippen molar-refractivity contribution in [3.05, 3.63) is 35.1 Å². The predicted octanol–water partition coefficient (Wildman–Crippen LogP) is 2.77. The molecule has 1 atom stereocenters. The second-order valence-corrected chi connectivity index (χ2v) is 5.27. The van der Waals surface area contributed by atoms with Gasteiger partial charge in [-0.15, -0.1) is 0 Å². The van der Waals surface area contributed by atoms with Crippen molar-refractivity contribution in [1.29, 1.82) is 0 Å². The molecular weight excluding hydrogens is 201 g/mol. The summed E-state index contributed by atoms with van der Waals surface area (Å²) < 4.78 is 13.4. The number of fused-ring (bicyclic) bond motifs is 2. The molecule has 1 nitrogen and oxygen atoms in total. The van der Waals surface area contributed by atoms with Gasteiger partial charge >= 0.3 is 0 Å². The average Bonchev–Trinajstić information content (AvgIpc) is 3.05. The number of hydrogen-bond acceptors (Lipinski definition) is 1. The fraction of sp³-hybridized carbons (Fsp3) is 0.571. The first kappa shape index (κ1) is 10.3. The van der Waals surface area contributed by atoms with E-state index in [-0.39, 0.29) is 5.82 Å². The number of hydrogen-bond donors (Lipinski definition) is 1. The molecular formula is C14H18FN. The Kier molecular flexibility index (Phi) is 2.28. The first-order chi connectivity index (χ1) is 7.76. The van der Waals surface area contributed by atoms with E-state index in [1.165, 1.54) is 30.4 Å². The van der Waals surface area contributed by atoms with Crippen molar-refractivity contribution in [2.24, 2.45) is 11.7 Å². The lowest BCUT2D eigenvalue weighted by Gasteiger charge is -2.34. The highest BCUT2D eigenvalue weighted by molar-refractivity contribution is 5.42. The SMILES string of the molecule is NCCC1CCc2ccc(F)cc2C12CC2. The molecule has 1 fully saturated rings. The summed E-state index contributed by atoms with van der Waals surface area (Å²) in [7, 11) is 0. The van der Waals surface area contributed by atoms with Crippen molar-refractivity contribution >= 4 is 0 Å². The Balaban J connectivity index is 2.01. The number of aryl methyl sites for hydroxylation is 1. The molecule has 1 saturated carbocycles. The second-order valence-electron chi connectivity index (χ2n) is 5.27. The van der Waals surface area contributed by atoms with E-state index >= 15 is 0 Å². The normalized spacial score (nSPS) is 25.5. The van der Waals surface area contributed by atoms with Crippen molar-refractivity contribution < 1.29 is 4.39 Å². The van der Waals surface area contributed by atoms with E-state index in [1.54, 1.807) is 12.1 Å². The summed E-state index contributed by atoms with van der Waals surface area (Å²) in [5.74, 6) is 0.602. The van der Waals surface area contributed by atoms with Gasteiger partial charge in [0, 0.05) is 0 Å². The highest BCUT2D eigenvalue weighted by Gasteiger charge is 2.52. The Morgan fingerprint density at radius 3 is 2.88 bits per heavy atom. The van der Waals surface area contributed by atoms with Crippen LogP contribution >= 0.6 is 0 Å². The fourth-order valence-corrected chi connectivity index (χ4v) is 3.49. The smallest absolute Gasteiger partial charge is 0.123 e. The minimum atomic E-state index is -0.0848. The third-order valence-electron chi connectivity index (χ3n) is 4.46. The molecule has 0 radical (unpaired) electrons. The molecule has 0 saturated heterocycles. The van der Waals surface area contributed by atoms with E-state index < -0.39 is 0 Å². The Bertz CT molecular complexity index is 409. The lowest BCUT2D eigenvalue weighted by molar-refractivity contribution is 0.333. The van der Waals surface area contributed by atoms with Crippen LogP contribution in [0.25, 0.3) is 0 Å². The Hall–Kier alpha value is -0.890. The summed E-state index contributed by atoms with van der Waals surface area (Å²) in [6, 6.07) is 5.34. The Labute approximate surface area is 95.8 Å². The molecule has 1 aromatic carbocycles. The maximum atomic E-state index is 13.4. The summed E-state index contributed by atoms with van der Waals surface area (Å²) in [5, 5.41) is 0. The summed E-state index contributed by atoms with van der Waals surface area (Å²) in [6.07, 6.45) is 5.88. The van der Waals surface area contributed by atoms with Crippen molar-refractivity contribution in [3.63, 3.8) is 0 Å². The molecule has 1 unspecified atom stereocenters. The van der Waals surface area contributed by atoms with Gasteiger partial charge in [-0.25, -0.2) is 4.39 Å². The number of rotatable bonds is 2. The molecule has 2 N–H and O–H groups in total. The van der Waals surface area contributed by atoms with Gasteiger partial charge in [-0.05, 0) is 73.2 Å². The highest BCUT2D eigenvalue weighted by atomic mass is 19.1. The molecule has 1 aromatic rings. The lowest BCUT2D eigenvalue weighted by atomic mass is 9.71. The molecule has 0 bridgehead atoms. The first-order valence-electron chi connectivity index (χ1n) is 6.25. The molecule has 0 amide bonds. The quantitative estimate of drug-likeness (QED) is 0.813. The summed E-state index contributed by atoms with van der Waals surface area (Å²) >= 11 is 0. The third-order valence-corrected chi connectivity index (χ3v) is 4.46. The van der Waals surface area contributed by atoms with Crippen LogP contribution in [0.1, 0.15) is 36.8 Å². The zero-order valence-corrected chi connectivity index (χ0v) is 9.51. The van der Waals surface area contributed by atoms with Crippen molar-refractivity contribution in [2.45, 2.75) is 37.5 Å². The van der Waals surface area contributed by atoms with E-state index in [1.807, 2.05) is 6.07 Å². The first-order valence-corrected chi connectivity index (χ1v) is 6.25. The number of benzene rings is 1. The standard InChI is InChI=1S/C14H18FN/c15-12-4-2-10-1-3-11(5-8-16)14(6-7-14)13(10)9-12/h2,4,9,11H,1,3,5-8,16H2. The van der Waals surface area contributed by atoms with E-state index in [4.69, 9.17) is 5.73 Å². The summed E-state index contributed by atoms with van der Waals surface area (Å²) in [4.78, 5) is 0. The lowest BCUT2D eigenvalue weighted by Crippen LogP contribution is -2.29. The second kappa shape index (κ2) is 3.56. The van der Waals surface area contributed by atoms with Crippen molar-refractivity contribution in [2.75, 3.05) is 6.54 Å². The highest BCUT2D eigenvalue weighted by Crippen LogP contribution is 2.59. The summed E-state index contributed by atoms with van der Waals surface area (Å²) in [6.45, 7) is 0.761. The monoisotopic (exact) mass is 219 g/mol. The number of nitrogens with two attached hydrogens (primary N) is 1. The van der Waals surface area contributed by atoms with Gasteiger partial charge in [0.05, 0.1) is 0 Å². The average molecular weight is 219 g/mol. The van der Waals surface area contributed by atoms with Gasteiger partial charge in [0.1, 0.15) is 5.82 Å². The predicted molar refractivity (Wildman–Crippen MR) is 62.8 cm³/mol. The maximum absolute atomic E-state index is 13.4. The molecule has 86 valence electrons. The van der Waals surface area contributed by atoms with Gasteiger partial charge in [-0.2, -0.15) is 0 Å². The van der Waals surface area contributed by atoms with Crippen molar-refractivity contribution in [3.8, 4) is 0 Å². The van der Waals surface area contributed by atoms with Gasteiger partial charge in [-0.3, -0.25) is 0 Å².